The molecule has 2 saturated heterocycles. The minimum Gasteiger partial charge on any atom is -0.457 e. The van der Waals surface area contributed by atoms with Crippen molar-refractivity contribution in [1.29, 1.82) is 0 Å². The van der Waals surface area contributed by atoms with Gasteiger partial charge in [-0.3, -0.25) is 4.79 Å². The lowest BCUT2D eigenvalue weighted by Crippen LogP contribution is -2.61. The molecule has 2 aliphatic rings. The highest BCUT2D eigenvalue weighted by Crippen LogP contribution is 2.26. The number of carbonyl (C=O) groups excluding carboxylic acids is 1. The first-order valence-corrected chi connectivity index (χ1v) is 27.4. The first-order chi connectivity index (χ1) is 36.6. The average molecular weight is 1050 g/mol. The van der Waals surface area contributed by atoms with E-state index in [0.717, 1.165) is 96.3 Å². The van der Waals surface area contributed by atoms with Gasteiger partial charge in [-0.25, -0.2) is 0 Å². The molecule has 2 rings (SSSR count). The zero-order valence-electron chi connectivity index (χ0n) is 45.0. The summed E-state index contributed by atoms with van der Waals surface area (Å²) in [7, 11) is 0. The number of esters is 1. The maximum absolute atomic E-state index is 13.0. The van der Waals surface area contributed by atoms with E-state index in [1.54, 1.807) is 0 Å². The fourth-order valence-corrected chi connectivity index (χ4v) is 7.47. The Hall–Kier alpha value is -4.13. The highest BCUT2D eigenvalue weighted by molar-refractivity contribution is 5.69. The summed E-state index contributed by atoms with van der Waals surface area (Å²) in [5.74, 6) is -0.456. The summed E-state index contributed by atoms with van der Waals surface area (Å²) in [6, 6.07) is 0. The van der Waals surface area contributed by atoms with Crippen LogP contribution in [0.1, 0.15) is 129 Å². The van der Waals surface area contributed by atoms with E-state index in [1.165, 1.54) is 0 Å². The second-order valence-electron chi connectivity index (χ2n) is 18.3. The molecule has 14 nitrogen and oxygen atoms in total. The molecule has 0 bridgehead atoms. The number of allylic oxidation sites excluding steroid dienone is 24. The fourth-order valence-electron chi connectivity index (χ4n) is 7.47. The van der Waals surface area contributed by atoms with Crippen LogP contribution in [-0.4, -0.2) is 142 Å². The smallest absolute Gasteiger partial charge is 0.306 e. The third-order valence-electron chi connectivity index (χ3n) is 11.8. The molecule has 0 aromatic heterocycles. The van der Waals surface area contributed by atoms with E-state index in [0.29, 0.717) is 19.4 Å². The van der Waals surface area contributed by atoms with Crippen molar-refractivity contribution < 1.29 is 69.0 Å². The van der Waals surface area contributed by atoms with Gasteiger partial charge in [0, 0.05) is 13.0 Å². The Balaban J connectivity index is 1.80. The molecule has 0 spiro atoms. The van der Waals surface area contributed by atoms with Crippen molar-refractivity contribution in [3.05, 3.63) is 146 Å². The van der Waals surface area contributed by atoms with Crippen LogP contribution in [0.4, 0.5) is 0 Å². The third-order valence-corrected chi connectivity index (χ3v) is 11.8. The Morgan fingerprint density at radius 3 is 1.24 bits per heavy atom. The molecule has 2 fully saturated rings. The summed E-state index contributed by atoms with van der Waals surface area (Å²) in [6.07, 6.45) is 50.6. The molecule has 422 valence electrons. The van der Waals surface area contributed by atoms with Crippen LogP contribution in [0.25, 0.3) is 0 Å². The molecule has 11 unspecified atom stereocenters. The van der Waals surface area contributed by atoms with Crippen molar-refractivity contribution in [3.8, 4) is 0 Å². The van der Waals surface area contributed by atoms with Crippen LogP contribution in [0, 0.1) is 0 Å². The Morgan fingerprint density at radius 2 is 0.813 bits per heavy atom. The average Bonchev–Trinajstić information content (AvgIpc) is 3.41. The Kier molecular flexibility index (Phi) is 41.1. The van der Waals surface area contributed by atoms with Gasteiger partial charge in [-0.2, -0.15) is 0 Å². The van der Waals surface area contributed by atoms with Gasteiger partial charge in [-0.15, -0.1) is 0 Å². The molecule has 2 aliphatic heterocycles. The predicted molar refractivity (Wildman–Crippen MR) is 297 cm³/mol. The van der Waals surface area contributed by atoms with Crippen LogP contribution < -0.4 is 0 Å². The first-order valence-electron chi connectivity index (χ1n) is 27.4. The third kappa shape index (κ3) is 32.9. The summed E-state index contributed by atoms with van der Waals surface area (Å²) in [6.45, 7) is 3.22. The molecule has 0 aliphatic carbocycles. The first kappa shape index (κ1) is 67.0. The molecule has 75 heavy (non-hydrogen) atoms. The molecule has 2 heterocycles. The van der Waals surface area contributed by atoms with E-state index in [1.807, 2.05) is 6.08 Å². The van der Waals surface area contributed by atoms with Gasteiger partial charge in [0.1, 0.15) is 54.9 Å². The Labute approximate surface area is 449 Å². The molecular weight excluding hydrogens is 957 g/mol. The van der Waals surface area contributed by atoms with Gasteiger partial charge in [0.05, 0.1) is 26.4 Å². The molecule has 11 atom stereocenters. The zero-order chi connectivity index (χ0) is 54.4. The number of hydrogen-bond donors (Lipinski definition) is 7. The topological polar surface area (TPSA) is 214 Å². The lowest BCUT2D eigenvalue weighted by Gasteiger charge is -2.42. The van der Waals surface area contributed by atoms with Gasteiger partial charge in [-0.1, -0.05) is 160 Å². The van der Waals surface area contributed by atoms with Crippen molar-refractivity contribution in [1.82, 2.24) is 0 Å². The van der Waals surface area contributed by atoms with E-state index in [9.17, 15) is 40.5 Å². The van der Waals surface area contributed by atoms with Crippen LogP contribution in [0.15, 0.2) is 146 Å². The summed E-state index contributed by atoms with van der Waals surface area (Å²) in [5.41, 5.74) is 0. The normalized spacial score (nSPS) is 25.8. The number of hydrogen-bond acceptors (Lipinski definition) is 14. The van der Waals surface area contributed by atoms with E-state index in [-0.39, 0.29) is 19.6 Å². The largest absolute Gasteiger partial charge is 0.457 e. The molecule has 0 radical (unpaired) electrons. The highest BCUT2D eigenvalue weighted by atomic mass is 16.7. The van der Waals surface area contributed by atoms with Crippen molar-refractivity contribution in [3.63, 3.8) is 0 Å². The molecule has 0 saturated carbocycles. The monoisotopic (exact) mass is 1050 g/mol. The molecular formula is C61H94O14. The van der Waals surface area contributed by atoms with Gasteiger partial charge in [-0.05, 0) is 109 Å². The molecule has 14 heteroatoms. The van der Waals surface area contributed by atoms with Crippen molar-refractivity contribution in [2.24, 2.45) is 0 Å². The van der Waals surface area contributed by atoms with E-state index >= 15 is 0 Å². The van der Waals surface area contributed by atoms with E-state index in [4.69, 9.17) is 28.4 Å². The van der Waals surface area contributed by atoms with E-state index < -0.39 is 86.7 Å². The summed E-state index contributed by atoms with van der Waals surface area (Å²) in [5, 5.41) is 72.3. The molecule has 0 aromatic carbocycles. The number of unbranched alkanes of at least 4 members (excludes halogenated alkanes) is 3. The molecule has 0 aromatic rings. The van der Waals surface area contributed by atoms with Crippen molar-refractivity contribution >= 4 is 5.97 Å². The standard InChI is InChI=1S/C61H94O14/c1-3-5-7-9-11-13-15-17-19-21-22-23-24-25-26-27-29-31-33-35-37-39-41-43-45-70-47-50(73-53(63)44-42-40-38-36-34-32-30-28-20-18-16-14-12-10-8-6-4-2)48-71-60-59(69)57(67)55(65)52(75-60)49-72-61-58(68)56(66)54(64)51(46-62)74-61/h5-8,11-14,17-20,22-23,25-26,29-32,35-38,50-52,54-62,64-69H,3-4,9-10,15-16,21,24,27-28,33-34,39-49H2,1-2H3/b7-5-,8-6-,13-11-,14-12-,19-17-,20-18-,23-22-,26-25-,31-29-,32-30-,37-35-,38-36-. The Morgan fingerprint density at radius 1 is 0.440 bits per heavy atom. The molecule has 0 amide bonds. The molecule has 7 N–H and O–H groups in total. The van der Waals surface area contributed by atoms with Crippen LogP contribution in [0.5, 0.6) is 0 Å². The summed E-state index contributed by atoms with van der Waals surface area (Å²) < 4.78 is 34.2. The number of ether oxygens (including phenoxy) is 6. The number of rotatable bonds is 41. The highest BCUT2D eigenvalue weighted by Gasteiger charge is 2.47. The van der Waals surface area contributed by atoms with Crippen LogP contribution >= 0.6 is 0 Å². The zero-order valence-corrected chi connectivity index (χ0v) is 45.0. The van der Waals surface area contributed by atoms with Crippen molar-refractivity contribution in [2.75, 3.05) is 33.0 Å². The summed E-state index contributed by atoms with van der Waals surface area (Å²) >= 11 is 0. The van der Waals surface area contributed by atoms with Gasteiger partial charge in [0.15, 0.2) is 12.6 Å². The van der Waals surface area contributed by atoms with E-state index in [2.05, 4.69) is 154 Å². The SMILES string of the molecule is CC/C=C\C/C=C\C/C=C\C/C=C\C/C=C\C/C=C\C/C=C\CCCCOCC(COC1OC(COC2OC(CO)C(O)C(O)C2O)C(O)C(O)C1O)OC(=O)CCC/C=C\C/C=C\C/C=C\C/C=C\C/C=C\CC. The number of aliphatic hydroxyl groups is 7. The minimum absolute atomic E-state index is 0.00330. The quantitative estimate of drug-likeness (QED) is 0.0173. The maximum atomic E-state index is 13.0. The number of aliphatic hydroxyl groups excluding tert-OH is 7. The lowest BCUT2D eigenvalue weighted by atomic mass is 9.98. The second kappa shape index (κ2) is 46.0. The van der Waals surface area contributed by atoms with Gasteiger partial charge in [0.25, 0.3) is 0 Å². The van der Waals surface area contributed by atoms with Gasteiger partial charge in [0.2, 0.25) is 0 Å². The summed E-state index contributed by atoms with van der Waals surface area (Å²) in [4.78, 5) is 13.0. The predicted octanol–water partition coefficient (Wildman–Crippen LogP) is 9.29. The minimum atomic E-state index is -1.74. The Bertz CT molecular complexity index is 1790. The van der Waals surface area contributed by atoms with Gasteiger partial charge < -0.3 is 64.2 Å². The second-order valence-corrected chi connectivity index (χ2v) is 18.3. The lowest BCUT2D eigenvalue weighted by molar-refractivity contribution is -0.332. The fraction of sp³-hybridized carbons (Fsp3) is 0.590. The maximum Gasteiger partial charge on any atom is 0.306 e. The number of carbonyl (C=O) groups is 1. The van der Waals surface area contributed by atoms with Gasteiger partial charge >= 0.3 is 5.97 Å². The van der Waals surface area contributed by atoms with Crippen LogP contribution in [0.3, 0.4) is 0 Å². The van der Waals surface area contributed by atoms with Crippen LogP contribution in [-0.2, 0) is 33.2 Å². The van der Waals surface area contributed by atoms with Crippen LogP contribution in [0.2, 0.25) is 0 Å². The van der Waals surface area contributed by atoms with Crippen molar-refractivity contribution in [2.45, 2.75) is 197 Å².